The van der Waals surface area contributed by atoms with Gasteiger partial charge < -0.3 is 19.9 Å². The molecule has 0 spiro atoms. The summed E-state index contributed by atoms with van der Waals surface area (Å²) in [6, 6.07) is 15.7. The number of hydrogen-bond donors (Lipinski definition) is 1. The third-order valence-electron chi connectivity index (χ3n) is 7.20. The number of aromatic nitrogens is 4. The standard InChI is InChI=1S/C30H38N6O3/c1-4-5-17-39-29-33-27(31)26-28(34-29)36(30(32-26)38-3)20-21-9-12-23(13-10-21)24-18-22(11-14-25(24)37-2)19-35-15-7-6-8-16-35/h9-14,18H,4-8,15-17,19-20H2,1-3H3,(H2,31,33,34). The van der Waals surface area contributed by atoms with E-state index in [2.05, 4.69) is 69.2 Å². The monoisotopic (exact) mass is 530 g/mol. The highest BCUT2D eigenvalue weighted by Gasteiger charge is 2.19. The Morgan fingerprint density at radius 2 is 1.64 bits per heavy atom. The Hall–Kier alpha value is -3.85. The van der Waals surface area contributed by atoms with Crippen LogP contribution in [0.4, 0.5) is 5.82 Å². The summed E-state index contributed by atoms with van der Waals surface area (Å²) in [4.78, 5) is 15.9. The zero-order valence-electron chi connectivity index (χ0n) is 23.2. The maximum atomic E-state index is 6.20. The van der Waals surface area contributed by atoms with Gasteiger partial charge in [-0.1, -0.05) is 50.1 Å². The lowest BCUT2D eigenvalue weighted by Crippen LogP contribution is -2.29. The van der Waals surface area contributed by atoms with Crippen LogP contribution in [0.2, 0.25) is 0 Å². The molecule has 0 aliphatic carbocycles. The SMILES string of the molecule is CCCCOc1nc(N)c2nc(OC)n(Cc3ccc(-c4cc(CN5CCCCC5)ccc4OC)cc3)c2n1. The fourth-order valence-electron chi connectivity index (χ4n) is 5.08. The second kappa shape index (κ2) is 12.3. The Bertz CT molecular complexity index is 1400. The first kappa shape index (κ1) is 26.7. The summed E-state index contributed by atoms with van der Waals surface area (Å²) < 4.78 is 18.9. The van der Waals surface area contributed by atoms with E-state index in [4.69, 9.17) is 19.9 Å². The molecule has 0 radical (unpaired) electrons. The van der Waals surface area contributed by atoms with Crippen LogP contribution >= 0.6 is 0 Å². The maximum Gasteiger partial charge on any atom is 0.320 e. The average Bonchev–Trinajstić information content (AvgIpc) is 3.32. The van der Waals surface area contributed by atoms with E-state index in [9.17, 15) is 0 Å². The van der Waals surface area contributed by atoms with Crippen molar-refractivity contribution < 1.29 is 14.2 Å². The highest BCUT2D eigenvalue weighted by Crippen LogP contribution is 2.33. The highest BCUT2D eigenvalue weighted by atomic mass is 16.5. The van der Waals surface area contributed by atoms with Crippen LogP contribution in [0.5, 0.6) is 17.8 Å². The van der Waals surface area contributed by atoms with Gasteiger partial charge in [-0.2, -0.15) is 15.0 Å². The van der Waals surface area contributed by atoms with Gasteiger partial charge >= 0.3 is 6.01 Å². The topological polar surface area (TPSA) is 101 Å². The zero-order valence-corrected chi connectivity index (χ0v) is 23.2. The van der Waals surface area contributed by atoms with Gasteiger partial charge in [0.2, 0.25) is 0 Å². The van der Waals surface area contributed by atoms with Gasteiger partial charge in [0.1, 0.15) is 5.75 Å². The molecule has 206 valence electrons. The number of unbranched alkanes of at least 4 members (excludes halogenated alkanes) is 1. The van der Waals surface area contributed by atoms with E-state index in [1.54, 1.807) is 14.2 Å². The molecular weight excluding hydrogens is 492 g/mol. The molecule has 1 saturated heterocycles. The van der Waals surface area contributed by atoms with Crippen LogP contribution in [0.3, 0.4) is 0 Å². The van der Waals surface area contributed by atoms with E-state index in [-0.39, 0.29) is 11.8 Å². The molecule has 1 aliphatic heterocycles. The molecule has 3 heterocycles. The number of benzene rings is 2. The minimum Gasteiger partial charge on any atom is -0.496 e. The number of nitrogen functional groups attached to an aromatic ring is 1. The van der Waals surface area contributed by atoms with Gasteiger partial charge in [0, 0.05) is 12.1 Å². The van der Waals surface area contributed by atoms with Crippen LogP contribution in [0, 0.1) is 0 Å². The van der Waals surface area contributed by atoms with Crippen molar-refractivity contribution in [3.8, 4) is 28.9 Å². The molecule has 0 saturated carbocycles. The summed E-state index contributed by atoms with van der Waals surface area (Å²) in [5, 5.41) is 0. The minimum atomic E-state index is 0.254. The number of nitrogens with zero attached hydrogens (tertiary/aromatic N) is 5. The second-order valence-electron chi connectivity index (χ2n) is 10.0. The Morgan fingerprint density at radius 1 is 0.872 bits per heavy atom. The number of hydrogen-bond acceptors (Lipinski definition) is 8. The molecule has 1 aliphatic rings. The van der Waals surface area contributed by atoms with Crippen molar-refractivity contribution in [3.05, 3.63) is 53.6 Å². The van der Waals surface area contributed by atoms with Crippen LogP contribution in [-0.2, 0) is 13.1 Å². The number of rotatable bonds is 11. The average molecular weight is 531 g/mol. The second-order valence-corrected chi connectivity index (χ2v) is 10.0. The zero-order chi connectivity index (χ0) is 27.2. The molecular formula is C30H38N6O3. The van der Waals surface area contributed by atoms with E-state index < -0.39 is 0 Å². The third kappa shape index (κ3) is 6.09. The highest BCUT2D eigenvalue weighted by molar-refractivity contribution is 5.83. The minimum absolute atomic E-state index is 0.254. The Kier molecular flexibility index (Phi) is 8.46. The van der Waals surface area contributed by atoms with Crippen molar-refractivity contribution in [2.24, 2.45) is 0 Å². The van der Waals surface area contributed by atoms with Crippen molar-refractivity contribution in [3.63, 3.8) is 0 Å². The van der Waals surface area contributed by atoms with E-state index >= 15 is 0 Å². The number of piperidine rings is 1. The summed E-state index contributed by atoms with van der Waals surface area (Å²) in [6.45, 7) is 6.47. The fraction of sp³-hybridized carbons (Fsp3) is 0.433. The summed E-state index contributed by atoms with van der Waals surface area (Å²) in [5.41, 5.74) is 11.9. The predicted octanol–water partition coefficient (Wildman–Crippen LogP) is 5.31. The molecule has 9 nitrogen and oxygen atoms in total. The van der Waals surface area contributed by atoms with Gasteiger partial charge in [0.25, 0.3) is 6.01 Å². The van der Waals surface area contributed by atoms with Crippen LogP contribution in [0.15, 0.2) is 42.5 Å². The predicted molar refractivity (Wildman–Crippen MR) is 153 cm³/mol. The number of likely N-dealkylation sites (tertiary alicyclic amines) is 1. The lowest BCUT2D eigenvalue weighted by molar-refractivity contribution is 0.221. The number of anilines is 1. The van der Waals surface area contributed by atoms with Gasteiger partial charge in [-0.05, 0) is 61.2 Å². The molecule has 0 atom stereocenters. The van der Waals surface area contributed by atoms with Crippen molar-refractivity contribution in [2.45, 2.75) is 52.1 Å². The van der Waals surface area contributed by atoms with Crippen molar-refractivity contribution >= 4 is 17.0 Å². The normalized spacial score (nSPS) is 14.0. The molecule has 0 unspecified atom stereocenters. The first-order valence-corrected chi connectivity index (χ1v) is 13.8. The van der Waals surface area contributed by atoms with E-state index in [0.717, 1.165) is 41.8 Å². The largest absolute Gasteiger partial charge is 0.496 e. The maximum absolute atomic E-state index is 6.20. The molecule has 0 bridgehead atoms. The number of fused-ring (bicyclic) bond motifs is 1. The number of methoxy groups -OCH3 is 2. The first-order chi connectivity index (χ1) is 19.1. The first-order valence-electron chi connectivity index (χ1n) is 13.8. The summed E-state index contributed by atoms with van der Waals surface area (Å²) >= 11 is 0. The van der Waals surface area contributed by atoms with Crippen LogP contribution < -0.4 is 19.9 Å². The Labute approximate surface area is 229 Å². The summed E-state index contributed by atoms with van der Waals surface area (Å²) in [7, 11) is 3.31. The third-order valence-corrected chi connectivity index (χ3v) is 7.20. The van der Waals surface area contributed by atoms with Gasteiger partial charge in [-0.15, -0.1) is 0 Å². The molecule has 39 heavy (non-hydrogen) atoms. The van der Waals surface area contributed by atoms with Crippen molar-refractivity contribution in [1.82, 2.24) is 24.4 Å². The van der Waals surface area contributed by atoms with E-state index in [0.29, 0.717) is 30.3 Å². The van der Waals surface area contributed by atoms with Gasteiger partial charge in [-0.3, -0.25) is 9.47 Å². The van der Waals surface area contributed by atoms with E-state index in [1.165, 1.54) is 37.9 Å². The molecule has 2 aromatic carbocycles. The quantitative estimate of drug-likeness (QED) is 0.261. The molecule has 9 heteroatoms. The van der Waals surface area contributed by atoms with Crippen molar-refractivity contribution in [2.75, 3.05) is 39.6 Å². The van der Waals surface area contributed by atoms with Crippen LogP contribution in [0.25, 0.3) is 22.3 Å². The Balaban J connectivity index is 1.40. The lowest BCUT2D eigenvalue weighted by atomic mass is 10.00. The Morgan fingerprint density at radius 3 is 2.36 bits per heavy atom. The molecule has 4 aromatic rings. The smallest absolute Gasteiger partial charge is 0.320 e. The van der Waals surface area contributed by atoms with Gasteiger partial charge in [-0.25, -0.2) is 0 Å². The molecule has 0 amide bonds. The van der Waals surface area contributed by atoms with E-state index in [1.807, 2.05) is 4.57 Å². The fourth-order valence-corrected chi connectivity index (χ4v) is 5.08. The van der Waals surface area contributed by atoms with Crippen LogP contribution in [-0.4, -0.2) is 58.3 Å². The lowest BCUT2D eigenvalue weighted by Gasteiger charge is -2.26. The molecule has 2 N–H and O–H groups in total. The van der Waals surface area contributed by atoms with Crippen molar-refractivity contribution in [1.29, 1.82) is 0 Å². The molecule has 5 rings (SSSR count). The number of nitrogens with two attached hydrogens (primary N) is 1. The number of imidazole rings is 1. The summed E-state index contributed by atoms with van der Waals surface area (Å²) in [5.74, 6) is 1.14. The molecule has 2 aromatic heterocycles. The number of ether oxygens (including phenoxy) is 3. The van der Waals surface area contributed by atoms with Gasteiger partial charge in [0.15, 0.2) is 17.0 Å². The van der Waals surface area contributed by atoms with Crippen LogP contribution in [0.1, 0.15) is 50.2 Å². The van der Waals surface area contributed by atoms with Gasteiger partial charge in [0.05, 0.1) is 27.4 Å². The summed E-state index contributed by atoms with van der Waals surface area (Å²) in [6.07, 6.45) is 5.85. The molecule has 1 fully saturated rings.